The summed E-state index contributed by atoms with van der Waals surface area (Å²) in [6.45, 7) is 0. The van der Waals surface area contributed by atoms with Crippen LogP contribution in [0, 0.1) is 0 Å². The molecule has 2 nitrogen and oxygen atoms in total. The Morgan fingerprint density at radius 2 is 1.07 bits per heavy atom. The summed E-state index contributed by atoms with van der Waals surface area (Å²) in [5, 5.41) is 4.15. The maximum atomic E-state index is 4.96. The number of aromatic nitrogens is 2. The third kappa shape index (κ3) is 3.26. The van der Waals surface area contributed by atoms with Crippen LogP contribution < -0.4 is 15.9 Å². The van der Waals surface area contributed by atoms with Crippen molar-refractivity contribution in [1.82, 2.24) is 9.38 Å². The molecule has 0 N–H and O–H groups in total. The third-order valence-corrected chi connectivity index (χ3v) is 9.74. The summed E-state index contributed by atoms with van der Waals surface area (Å²) in [5.74, 6) is 0. The molecule has 2 heterocycles. The molecule has 0 spiro atoms. The van der Waals surface area contributed by atoms with Crippen LogP contribution in [0.5, 0.6) is 0 Å². The highest BCUT2D eigenvalue weighted by Crippen LogP contribution is 2.57. The predicted octanol–water partition coefficient (Wildman–Crippen LogP) is 4.83. The molecular weight excluding hydrogens is 371 g/mol. The molecule has 0 aliphatic rings. The van der Waals surface area contributed by atoms with E-state index in [-0.39, 0.29) is 0 Å². The number of imidazole rings is 1. The van der Waals surface area contributed by atoms with Gasteiger partial charge in [0.2, 0.25) is 0 Å². The first-order valence-corrected chi connectivity index (χ1v) is 11.8. The van der Waals surface area contributed by atoms with Gasteiger partial charge in [-0.3, -0.25) is 0 Å². The van der Waals surface area contributed by atoms with Crippen molar-refractivity contribution >= 4 is 28.8 Å². The number of benzene rings is 3. The van der Waals surface area contributed by atoms with Crippen LogP contribution in [0.25, 0.3) is 5.65 Å². The third-order valence-electron chi connectivity index (χ3n) is 5.40. The average Bonchev–Trinajstić information content (AvgIpc) is 3.22. The predicted molar refractivity (Wildman–Crippen MR) is 124 cm³/mol. The van der Waals surface area contributed by atoms with Gasteiger partial charge >= 0.3 is 0 Å². The Morgan fingerprint density at radius 1 is 0.586 bits per heavy atom. The van der Waals surface area contributed by atoms with Gasteiger partial charge < -0.3 is 4.40 Å². The summed E-state index contributed by atoms with van der Waals surface area (Å²) in [6, 6.07) is 39.0. The lowest BCUT2D eigenvalue weighted by Gasteiger charge is -2.27. The molecule has 0 saturated carbocycles. The van der Waals surface area contributed by atoms with Crippen molar-refractivity contribution in [3.63, 3.8) is 0 Å². The van der Waals surface area contributed by atoms with Crippen LogP contribution in [0.2, 0.25) is 0 Å². The van der Waals surface area contributed by atoms with E-state index in [2.05, 4.69) is 114 Å². The molecule has 140 valence electrons. The lowest BCUT2D eigenvalue weighted by atomic mass is 10.4. The van der Waals surface area contributed by atoms with E-state index >= 15 is 0 Å². The summed E-state index contributed by atoms with van der Waals surface area (Å²) in [6.07, 6.45) is 5.14. The van der Waals surface area contributed by atoms with Crippen LogP contribution in [-0.4, -0.2) is 9.38 Å². The molecule has 5 rings (SSSR count). The highest BCUT2D eigenvalue weighted by Gasteiger charge is 2.46. The second-order valence-corrected chi connectivity index (χ2v) is 10.7. The topological polar surface area (TPSA) is 17.3 Å². The average molecular weight is 393 g/mol. The van der Waals surface area contributed by atoms with Crippen molar-refractivity contribution in [1.29, 1.82) is 0 Å². The van der Waals surface area contributed by atoms with E-state index in [4.69, 9.17) is 4.98 Å². The zero-order valence-corrected chi connectivity index (χ0v) is 17.0. The molecule has 0 aliphatic heterocycles. The fourth-order valence-electron chi connectivity index (χ4n) is 4.07. The van der Waals surface area contributed by atoms with Gasteiger partial charge in [-0.05, 0) is 48.5 Å². The molecule has 0 unspecified atom stereocenters. The van der Waals surface area contributed by atoms with Crippen LogP contribution in [0.3, 0.4) is 0 Å². The molecule has 3 aromatic carbocycles. The molecule has 0 amide bonds. The van der Waals surface area contributed by atoms with Crippen molar-refractivity contribution in [2.24, 2.45) is 0 Å². The van der Waals surface area contributed by atoms with E-state index < -0.39 is 7.26 Å². The fourth-order valence-corrected chi connectivity index (χ4v) is 8.20. The van der Waals surface area contributed by atoms with E-state index in [0.29, 0.717) is 0 Å². The normalized spacial score (nSPS) is 11.6. The zero-order valence-electron chi connectivity index (χ0n) is 16.1. The molecule has 3 heteroatoms. The van der Waals surface area contributed by atoms with Crippen LogP contribution in [-0.2, 0) is 6.16 Å². The molecule has 0 fully saturated rings. The first kappa shape index (κ1) is 17.8. The Labute approximate surface area is 171 Å². The lowest BCUT2D eigenvalue weighted by Crippen LogP contribution is -2.32. The van der Waals surface area contributed by atoms with Gasteiger partial charge in [-0.15, -0.1) is 0 Å². The zero-order chi connectivity index (χ0) is 19.5. The van der Waals surface area contributed by atoms with Crippen molar-refractivity contribution in [2.45, 2.75) is 6.16 Å². The minimum Gasteiger partial charge on any atom is -0.307 e. The van der Waals surface area contributed by atoms with Gasteiger partial charge in [-0.2, -0.15) is 0 Å². The van der Waals surface area contributed by atoms with Crippen molar-refractivity contribution in [3.05, 3.63) is 127 Å². The van der Waals surface area contributed by atoms with Gasteiger partial charge in [0.25, 0.3) is 0 Å². The van der Waals surface area contributed by atoms with Gasteiger partial charge in [0.05, 0.1) is 5.69 Å². The van der Waals surface area contributed by atoms with E-state index in [0.717, 1.165) is 17.5 Å². The van der Waals surface area contributed by atoms with Crippen molar-refractivity contribution in [3.8, 4) is 0 Å². The Bertz CT molecular complexity index is 1090. The SMILES string of the molecule is c1ccc([P+](Cc2cn3ccccc3n2)(c2ccccc2)c2ccccc2)cc1. The molecule has 29 heavy (non-hydrogen) atoms. The standard InChI is InChI=1S/C26H22N2P/c1-4-12-23(13-5-1)29(24-14-6-2-7-15-24,25-16-8-3-9-17-25)21-22-20-28-19-11-10-18-26(28)27-22/h1-20H,21H2/q+1. The summed E-state index contributed by atoms with van der Waals surface area (Å²) in [5.41, 5.74) is 2.12. The van der Waals surface area contributed by atoms with Gasteiger partial charge in [0.1, 0.15) is 35.0 Å². The number of hydrogen-bond donors (Lipinski definition) is 0. The van der Waals surface area contributed by atoms with Gasteiger partial charge in [0, 0.05) is 12.4 Å². The van der Waals surface area contributed by atoms with E-state index in [1.165, 1.54) is 15.9 Å². The van der Waals surface area contributed by atoms with Crippen LogP contribution in [0.15, 0.2) is 122 Å². The molecule has 0 bridgehead atoms. The Balaban J connectivity index is 1.77. The maximum absolute atomic E-state index is 4.96. The van der Waals surface area contributed by atoms with Gasteiger partial charge in [0.15, 0.2) is 0 Å². The Morgan fingerprint density at radius 3 is 1.55 bits per heavy atom. The summed E-state index contributed by atoms with van der Waals surface area (Å²) in [4.78, 5) is 4.96. The molecule has 0 radical (unpaired) electrons. The van der Waals surface area contributed by atoms with Crippen LogP contribution >= 0.6 is 7.26 Å². The molecule has 0 saturated heterocycles. The minimum atomic E-state index is -1.91. The first-order chi connectivity index (χ1) is 14.4. The number of hydrogen-bond acceptors (Lipinski definition) is 1. The number of rotatable bonds is 5. The number of fused-ring (bicyclic) bond motifs is 1. The van der Waals surface area contributed by atoms with Crippen LogP contribution in [0.4, 0.5) is 0 Å². The summed E-state index contributed by atoms with van der Waals surface area (Å²) < 4.78 is 2.12. The van der Waals surface area contributed by atoms with Crippen molar-refractivity contribution in [2.75, 3.05) is 0 Å². The smallest absolute Gasteiger partial charge is 0.137 e. The largest absolute Gasteiger partial charge is 0.307 e. The fraction of sp³-hybridized carbons (Fsp3) is 0.0385. The summed E-state index contributed by atoms with van der Waals surface area (Å²) >= 11 is 0. The van der Waals surface area contributed by atoms with Gasteiger partial charge in [-0.1, -0.05) is 60.7 Å². The minimum absolute atomic E-state index is 0.896. The van der Waals surface area contributed by atoms with Crippen molar-refractivity contribution < 1.29 is 0 Å². The highest BCUT2D eigenvalue weighted by atomic mass is 31.2. The molecule has 2 aromatic heterocycles. The van der Waals surface area contributed by atoms with E-state index in [1.54, 1.807) is 0 Å². The quantitative estimate of drug-likeness (QED) is 0.391. The van der Waals surface area contributed by atoms with E-state index in [1.807, 2.05) is 12.1 Å². The second-order valence-electron chi connectivity index (χ2n) is 7.17. The molecule has 5 aromatic rings. The molecule has 0 atom stereocenters. The highest BCUT2D eigenvalue weighted by molar-refractivity contribution is 7.95. The van der Waals surface area contributed by atoms with Crippen LogP contribution in [0.1, 0.15) is 5.69 Å². The molecular formula is C26H22N2P+. The lowest BCUT2D eigenvalue weighted by molar-refractivity contribution is 1.18. The monoisotopic (exact) mass is 393 g/mol. The summed E-state index contributed by atoms with van der Waals surface area (Å²) in [7, 11) is -1.91. The van der Waals surface area contributed by atoms with E-state index in [9.17, 15) is 0 Å². The first-order valence-electron chi connectivity index (χ1n) is 9.84. The maximum Gasteiger partial charge on any atom is 0.137 e. The molecule has 0 aliphatic carbocycles. The Hall–Kier alpha value is -3.22. The van der Waals surface area contributed by atoms with Gasteiger partial charge in [-0.25, -0.2) is 4.98 Å². The second kappa shape index (κ2) is 7.66. The number of nitrogens with zero attached hydrogens (tertiary/aromatic N) is 2. The number of pyridine rings is 1. The Kier molecular flexibility index (Phi) is 4.71.